The maximum Gasteiger partial charge on any atom is 0.0639 e. The van der Waals surface area contributed by atoms with Crippen molar-refractivity contribution in [2.45, 2.75) is 12.8 Å². The summed E-state index contributed by atoms with van der Waals surface area (Å²) in [6.07, 6.45) is 2.16. The van der Waals surface area contributed by atoms with E-state index in [-0.39, 0.29) is 0 Å². The zero-order valence-electron chi connectivity index (χ0n) is 11.5. The van der Waals surface area contributed by atoms with E-state index >= 15 is 0 Å². The van der Waals surface area contributed by atoms with Gasteiger partial charge in [0.1, 0.15) is 0 Å². The van der Waals surface area contributed by atoms with Gasteiger partial charge in [-0.3, -0.25) is 0 Å². The number of hydrogen-bond donors (Lipinski definition) is 1. The monoisotopic (exact) mass is 333 g/mol. The van der Waals surface area contributed by atoms with Crippen molar-refractivity contribution in [3.63, 3.8) is 0 Å². The number of rotatable bonds is 8. The zero-order valence-corrected chi connectivity index (χ0v) is 13.1. The Morgan fingerprint density at radius 1 is 0.900 bits per heavy atom. The van der Waals surface area contributed by atoms with E-state index in [2.05, 4.69) is 57.6 Å². The van der Waals surface area contributed by atoms with E-state index in [0.717, 1.165) is 42.8 Å². The van der Waals surface area contributed by atoms with Gasteiger partial charge in [-0.1, -0.05) is 46.3 Å². The van der Waals surface area contributed by atoms with Crippen LogP contribution in [0, 0.1) is 0 Å². The molecule has 0 spiro atoms. The molecule has 2 rings (SSSR count). The van der Waals surface area contributed by atoms with E-state index in [4.69, 9.17) is 4.74 Å². The van der Waals surface area contributed by atoms with Crippen molar-refractivity contribution in [1.29, 1.82) is 0 Å². The van der Waals surface area contributed by atoms with E-state index in [0.29, 0.717) is 0 Å². The molecular formula is C17H20BrNO. The SMILES string of the molecule is Brc1ccc(NCCOCCCc2ccccc2)cc1. The van der Waals surface area contributed by atoms with Crippen LogP contribution in [0.2, 0.25) is 0 Å². The van der Waals surface area contributed by atoms with Crippen molar-refractivity contribution in [2.75, 3.05) is 25.1 Å². The number of aryl methyl sites for hydroxylation is 1. The second-order valence-corrected chi connectivity index (χ2v) is 5.55. The van der Waals surface area contributed by atoms with Gasteiger partial charge in [0, 0.05) is 23.3 Å². The van der Waals surface area contributed by atoms with E-state index in [1.54, 1.807) is 0 Å². The highest BCUT2D eigenvalue weighted by Crippen LogP contribution is 2.13. The van der Waals surface area contributed by atoms with E-state index in [1.165, 1.54) is 5.56 Å². The van der Waals surface area contributed by atoms with Crippen LogP contribution in [-0.2, 0) is 11.2 Å². The summed E-state index contributed by atoms with van der Waals surface area (Å²) in [6, 6.07) is 18.7. The second-order valence-electron chi connectivity index (χ2n) is 4.64. The Bertz CT molecular complexity index is 484. The first-order valence-electron chi connectivity index (χ1n) is 6.96. The quantitative estimate of drug-likeness (QED) is 0.717. The number of hydrogen-bond acceptors (Lipinski definition) is 2. The molecule has 2 aromatic carbocycles. The van der Waals surface area contributed by atoms with Gasteiger partial charge < -0.3 is 10.1 Å². The molecule has 0 atom stereocenters. The van der Waals surface area contributed by atoms with Crippen molar-refractivity contribution in [3.8, 4) is 0 Å². The average molecular weight is 334 g/mol. The Balaban J connectivity index is 1.51. The van der Waals surface area contributed by atoms with Crippen LogP contribution in [0.25, 0.3) is 0 Å². The zero-order chi connectivity index (χ0) is 14.0. The summed E-state index contributed by atoms with van der Waals surface area (Å²) >= 11 is 3.42. The molecule has 106 valence electrons. The number of ether oxygens (including phenoxy) is 1. The average Bonchev–Trinajstić information content (AvgIpc) is 2.49. The summed E-state index contributed by atoms with van der Waals surface area (Å²) < 4.78 is 6.73. The number of nitrogens with one attached hydrogen (secondary N) is 1. The van der Waals surface area contributed by atoms with Crippen molar-refractivity contribution in [2.24, 2.45) is 0 Å². The van der Waals surface area contributed by atoms with Gasteiger partial charge in [0.05, 0.1) is 6.61 Å². The minimum Gasteiger partial charge on any atom is -0.383 e. The van der Waals surface area contributed by atoms with Crippen LogP contribution < -0.4 is 5.32 Å². The van der Waals surface area contributed by atoms with Gasteiger partial charge in [-0.2, -0.15) is 0 Å². The molecule has 0 amide bonds. The van der Waals surface area contributed by atoms with Crippen LogP contribution in [0.1, 0.15) is 12.0 Å². The van der Waals surface area contributed by atoms with E-state index in [9.17, 15) is 0 Å². The van der Waals surface area contributed by atoms with E-state index in [1.807, 2.05) is 18.2 Å². The molecule has 0 aliphatic carbocycles. The summed E-state index contributed by atoms with van der Waals surface area (Å²) in [7, 11) is 0. The first-order chi connectivity index (χ1) is 9.84. The van der Waals surface area contributed by atoms with Crippen molar-refractivity contribution < 1.29 is 4.74 Å². The number of anilines is 1. The lowest BCUT2D eigenvalue weighted by Crippen LogP contribution is -2.10. The molecule has 0 saturated carbocycles. The standard InChI is InChI=1S/C17H20BrNO/c18-16-8-10-17(11-9-16)19-12-14-20-13-4-7-15-5-2-1-3-6-15/h1-3,5-6,8-11,19H,4,7,12-14H2. The molecule has 0 aromatic heterocycles. The van der Waals surface area contributed by atoms with Crippen LogP contribution in [0.3, 0.4) is 0 Å². The Labute approximate surface area is 129 Å². The first-order valence-corrected chi connectivity index (χ1v) is 7.75. The summed E-state index contributed by atoms with van der Waals surface area (Å²) in [5.41, 5.74) is 2.50. The largest absolute Gasteiger partial charge is 0.383 e. The van der Waals surface area contributed by atoms with Crippen molar-refractivity contribution in [1.82, 2.24) is 0 Å². The molecule has 3 heteroatoms. The molecule has 0 bridgehead atoms. The molecule has 0 radical (unpaired) electrons. The van der Waals surface area contributed by atoms with Gasteiger partial charge in [-0.25, -0.2) is 0 Å². The lowest BCUT2D eigenvalue weighted by Gasteiger charge is -2.07. The van der Waals surface area contributed by atoms with E-state index < -0.39 is 0 Å². The highest BCUT2D eigenvalue weighted by atomic mass is 79.9. The van der Waals surface area contributed by atoms with Crippen LogP contribution in [0.5, 0.6) is 0 Å². The molecular weight excluding hydrogens is 314 g/mol. The molecule has 2 aromatic rings. The predicted octanol–water partition coefficient (Wildman–Crippen LogP) is 4.51. The smallest absolute Gasteiger partial charge is 0.0639 e. The highest BCUT2D eigenvalue weighted by Gasteiger charge is 1.94. The molecule has 0 unspecified atom stereocenters. The Hall–Kier alpha value is -1.32. The van der Waals surface area contributed by atoms with Gasteiger partial charge in [-0.15, -0.1) is 0 Å². The van der Waals surface area contributed by atoms with Gasteiger partial charge in [0.2, 0.25) is 0 Å². The fraction of sp³-hybridized carbons (Fsp3) is 0.294. The third-order valence-electron chi connectivity index (χ3n) is 3.02. The van der Waals surface area contributed by atoms with Gasteiger partial charge in [0.25, 0.3) is 0 Å². The van der Waals surface area contributed by atoms with Crippen LogP contribution in [-0.4, -0.2) is 19.8 Å². The topological polar surface area (TPSA) is 21.3 Å². The molecule has 2 nitrogen and oxygen atoms in total. The third-order valence-corrected chi connectivity index (χ3v) is 3.55. The van der Waals surface area contributed by atoms with Crippen LogP contribution in [0.15, 0.2) is 59.1 Å². The maximum absolute atomic E-state index is 5.63. The summed E-state index contributed by atoms with van der Waals surface area (Å²) in [4.78, 5) is 0. The fourth-order valence-electron chi connectivity index (χ4n) is 1.96. The number of benzene rings is 2. The molecule has 20 heavy (non-hydrogen) atoms. The molecule has 0 saturated heterocycles. The van der Waals surface area contributed by atoms with Gasteiger partial charge in [0.15, 0.2) is 0 Å². The maximum atomic E-state index is 5.63. The number of halogens is 1. The van der Waals surface area contributed by atoms with Crippen molar-refractivity contribution >= 4 is 21.6 Å². The normalized spacial score (nSPS) is 10.4. The molecule has 1 N–H and O–H groups in total. The minimum absolute atomic E-state index is 0.741. The lowest BCUT2D eigenvalue weighted by molar-refractivity contribution is 0.141. The van der Waals surface area contributed by atoms with Gasteiger partial charge in [-0.05, 0) is 42.7 Å². The lowest BCUT2D eigenvalue weighted by atomic mass is 10.1. The van der Waals surface area contributed by atoms with Crippen LogP contribution in [0.4, 0.5) is 5.69 Å². The summed E-state index contributed by atoms with van der Waals surface area (Å²) in [5.74, 6) is 0. The van der Waals surface area contributed by atoms with Crippen molar-refractivity contribution in [3.05, 3.63) is 64.6 Å². The Kier molecular flexibility index (Phi) is 6.61. The first kappa shape index (κ1) is 15.1. The summed E-state index contributed by atoms with van der Waals surface area (Å²) in [5, 5.41) is 3.33. The summed E-state index contributed by atoms with van der Waals surface area (Å²) in [6.45, 7) is 2.40. The molecule has 0 aliphatic rings. The molecule has 0 fully saturated rings. The predicted molar refractivity (Wildman–Crippen MR) is 88.2 cm³/mol. The van der Waals surface area contributed by atoms with Crippen LogP contribution >= 0.6 is 15.9 Å². The van der Waals surface area contributed by atoms with Gasteiger partial charge >= 0.3 is 0 Å². The molecule has 0 heterocycles. The fourth-order valence-corrected chi connectivity index (χ4v) is 2.22. The highest BCUT2D eigenvalue weighted by molar-refractivity contribution is 9.10. The molecule has 0 aliphatic heterocycles. The Morgan fingerprint density at radius 3 is 2.40 bits per heavy atom. The minimum atomic E-state index is 0.741. The third kappa shape index (κ3) is 5.76. The Morgan fingerprint density at radius 2 is 1.65 bits per heavy atom. The second kappa shape index (κ2) is 8.77.